The number of fused-ring (bicyclic) bond motifs is 1. The largest absolute Gasteiger partial charge is 0.497 e. The highest BCUT2D eigenvalue weighted by Gasteiger charge is 2.51. The van der Waals surface area contributed by atoms with Gasteiger partial charge in [0.15, 0.2) is 0 Å². The van der Waals surface area contributed by atoms with Gasteiger partial charge in [-0.1, -0.05) is 42.5 Å². The number of anilines is 1. The molecular formula is C23H24N4O2. The molecule has 1 unspecified atom stereocenters. The molecule has 6 heteroatoms. The van der Waals surface area contributed by atoms with E-state index < -0.39 is 5.41 Å². The summed E-state index contributed by atoms with van der Waals surface area (Å²) in [7, 11) is 1.68. The molecule has 1 atom stereocenters. The lowest BCUT2D eigenvalue weighted by Gasteiger charge is -2.22. The number of ether oxygens (including phenoxy) is 1. The molecule has 1 aromatic heterocycles. The van der Waals surface area contributed by atoms with Crippen molar-refractivity contribution in [2.24, 2.45) is 0 Å². The number of hydrogen-bond acceptors (Lipinski definition) is 4. The maximum absolute atomic E-state index is 13.0. The van der Waals surface area contributed by atoms with Crippen molar-refractivity contribution in [2.75, 3.05) is 12.4 Å². The standard InChI is InChI=1S/C23H24N4O2/c1-29-18-10-5-7-16(15-18)19-11-6-14-27-20(19)24-22(26-27)25-21(28)23(12-13-23)17-8-3-2-4-9-17/h2-5,7-10,15,19H,6,11-14H2,1H3,(H,25,26,28). The van der Waals surface area contributed by atoms with Gasteiger partial charge < -0.3 is 4.74 Å². The molecule has 2 aromatic carbocycles. The molecular weight excluding hydrogens is 364 g/mol. The Morgan fingerprint density at radius 2 is 2.00 bits per heavy atom. The second-order valence-corrected chi connectivity index (χ2v) is 7.89. The molecule has 2 heterocycles. The Bertz CT molecular complexity index is 1040. The van der Waals surface area contributed by atoms with E-state index in [0.29, 0.717) is 5.95 Å². The molecule has 0 bridgehead atoms. The van der Waals surface area contributed by atoms with Crippen LogP contribution in [0.1, 0.15) is 48.6 Å². The number of hydrogen-bond donors (Lipinski definition) is 1. The van der Waals surface area contributed by atoms with E-state index in [4.69, 9.17) is 9.72 Å². The van der Waals surface area contributed by atoms with Gasteiger partial charge in [-0.25, -0.2) is 4.68 Å². The van der Waals surface area contributed by atoms with Crippen molar-refractivity contribution in [3.63, 3.8) is 0 Å². The molecule has 2 aliphatic rings. The minimum absolute atomic E-state index is 0.00965. The van der Waals surface area contributed by atoms with E-state index in [1.54, 1.807) is 7.11 Å². The predicted octanol–water partition coefficient (Wildman–Crippen LogP) is 3.88. The van der Waals surface area contributed by atoms with Crippen molar-refractivity contribution in [1.82, 2.24) is 14.8 Å². The summed E-state index contributed by atoms with van der Waals surface area (Å²) in [5.74, 6) is 2.29. The van der Waals surface area contributed by atoms with Crippen LogP contribution in [0.25, 0.3) is 0 Å². The molecule has 0 radical (unpaired) electrons. The van der Waals surface area contributed by atoms with Crippen LogP contribution in [-0.4, -0.2) is 27.8 Å². The van der Waals surface area contributed by atoms with Gasteiger partial charge in [0.25, 0.3) is 0 Å². The number of carbonyl (C=O) groups is 1. The van der Waals surface area contributed by atoms with Gasteiger partial charge in [-0.3, -0.25) is 10.1 Å². The summed E-state index contributed by atoms with van der Waals surface area (Å²) in [6, 6.07) is 18.1. The van der Waals surface area contributed by atoms with Crippen LogP contribution in [0.5, 0.6) is 5.75 Å². The molecule has 29 heavy (non-hydrogen) atoms. The van der Waals surface area contributed by atoms with Crippen LogP contribution in [0.4, 0.5) is 5.95 Å². The fraction of sp³-hybridized carbons (Fsp3) is 0.348. The Morgan fingerprint density at radius 1 is 1.17 bits per heavy atom. The Kier molecular flexibility index (Phi) is 4.34. The number of aryl methyl sites for hydroxylation is 1. The van der Waals surface area contributed by atoms with Crippen LogP contribution in [0.2, 0.25) is 0 Å². The van der Waals surface area contributed by atoms with Crippen LogP contribution < -0.4 is 10.1 Å². The molecule has 0 spiro atoms. The minimum Gasteiger partial charge on any atom is -0.497 e. The maximum Gasteiger partial charge on any atom is 0.249 e. The topological polar surface area (TPSA) is 69.0 Å². The second-order valence-electron chi connectivity index (χ2n) is 7.89. The number of aromatic nitrogens is 3. The van der Waals surface area contributed by atoms with Crippen LogP contribution >= 0.6 is 0 Å². The van der Waals surface area contributed by atoms with Gasteiger partial charge in [-0.2, -0.15) is 4.98 Å². The summed E-state index contributed by atoms with van der Waals surface area (Å²) in [6.45, 7) is 0.822. The molecule has 1 aliphatic heterocycles. The first-order valence-electron chi connectivity index (χ1n) is 10.2. The first-order chi connectivity index (χ1) is 14.2. The average Bonchev–Trinajstić information content (AvgIpc) is 3.48. The van der Waals surface area contributed by atoms with E-state index in [9.17, 15) is 4.79 Å². The van der Waals surface area contributed by atoms with Crippen molar-refractivity contribution in [3.8, 4) is 5.75 Å². The van der Waals surface area contributed by atoms with E-state index in [-0.39, 0.29) is 11.8 Å². The van der Waals surface area contributed by atoms with Crippen molar-refractivity contribution in [1.29, 1.82) is 0 Å². The van der Waals surface area contributed by atoms with E-state index in [1.165, 1.54) is 5.56 Å². The SMILES string of the molecule is COc1cccc(C2CCCn3nc(NC(=O)C4(c5ccccc5)CC4)nc32)c1. The highest BCUT2D eigenvalue weighted by atomic mass is 16.5. The summed E-state index contributed by atoms with van der Waals surface area (Å²) >= 11 is 0. The number of amides is 1. The molecule has 1 amide bonds. The van der Waals surface area contributed by atoms with E-state index in [0.717, 1.165) is 49.4 Å². The Morgan fingerprint density at radius 3 is 2.76 bits per heavy atom. The summed E-state index contributed by atoms with van der Waals surface area (Å²) in [6.07, 6.45) is 3.76. The zero-order valence-electron chi connectivity index (χ0n) is 16.5. The number of nitrogens with one attached hydrogen (secondary N) is 1. The third kappa shape index (κ3) is 3.18. The van der Waals surface area contributed by atoms with Crippen molar-refractivity contribution < 1.29 is 9.53 Å². The molecule has 1 fully saturated rings. The van der Waals surface area contributed by atoms with Gasteiger partial charge in [-0.15, -0.1) is 5.10 Å². The minimum atomic E-state index is -0.431. The normalized spacial score (nSPS) is 19.3. The number of benzene rings is 2. The van der Waals surface area contributed by atoms with Gasteiger partial charge in [-0.05, 0) is 48.9 Å². The lowest BCUT2D eigenvalue weighted by Crippen LogP contribution is -2.28. The smallest absolute Gasteiger partial charge is 0.249 e. The van der Waals surface area contributed by atoms with Crippen LogP contribution in [0.3, 0.4) is 0 Å². The summed E-state index contributed by atoms with van der Waals surface area (Å²) in [5, 5.41) is 7.57. The number of methoxy groups -OCH3 is 1. The third-order valence-corrected chi connectivity index (χ3v) is 6.11. The zero-order valence-corrected chi connectivity index (χ0v) is 16.5. The molecule has 1 saturated carbocycles. The first kappa shape index (κ1) is 17.9. The summed E-state index contributed by atoms with van der Waals surface area (Å²) in [4.78, 5) is 17.7. The van der Waals surface area contributed by atoms with Gasteiger partial charge in [0, 0.05) is 12.5 Å². The van der Waals surface area contributed by atoms with Crippen molar-refractivity contribution >= 4 is 11.9 Å². The van der Waals surface area contributed by atoms with Crippen LogP contribution in [-0.2, 0) is 16.8 Å². The zero-order chi connectivity index (χ0) is 19.8. The monoisotopic (exact) mass is 388 g/mol. The lowest BCUT2D eigenvalue weighted by molar-refractivity contribution is -0.118. The molecule has 148 valence electrons. The van der Waals surface area contributed by atoms with Crippen molar-refractivity contribution in [2.45, 2.75) is 43.6 Å². The Balaban J connectivity index is 1.40. The fourth-order valence-electron chi connectivity index (χ4n) is 4.33. The van der Waals surface area contributed by atoms with Crippen LogP contribution in [0.15, 0.2) is 54.6 Å². The maximum atomic E-state index is 13.0. The highest BCUT2D eigenvalue weighted by Crippen LogP contribution is 2.48. The molecule has 0 saturated heterocycles. The highest BCUT2D eigenvalue weighted by molar-refractivity contribution is 6.00. The van der Waals surface area contributed by atoms with E-state index in [1.807, 2.05) is 47.1 Å². The Labute approximate surface area is 169 Å². The fourth-order valence-corrected chi connectivity index (χ4v) is 4.33. The van der Waals surface area contributed by atoms with Gasteiger partial charge >= 0.3 is 0 Å². The van der Waals surface area contributed by atoms with Crippen molar-refractivity contribution in [3.05, 3.63) is 71.5 Å². The predicted molar refractivity (Wildman–Crippen MR) is 110 cm³/mol. The second kappa shape index (κ2) is 7.03. The average molecular weight is 388 g/mol. The molecule has 3 aromatic rings. The Hall–Kier alpha value is -3.15. The van der Waals surface area contributed by atoms with Gasteiger partial charge in [0.05, 0.1) is 12.5 Å². The van der Waals surface area contributed by atoms with E-state index >= 15 is 0 Å². The molecule has 1 aliphatic carbocycles. The number of nitrogens with zero attached hydrogens (tertiary/aromatic N) is 3. The first-order valence-corrected chi connectivity index (χ1v) is 10.2. The lowest BCUT2D eigenvalue weighted by atomic mass is 9.91. The number of rotatable bonds is 5. The summed E-state index contributed by atoms with van der Waals surface area (Å²) in [5.41, 5.74) is 1.80. The van der Waals surface area contributed by atoms with Crippen LogP contribution in [0, 0.1) is 0 Å². The molecule has 1 N–H and O–H groups in total. The van der Waals surface area contributed by atoms with E-state index in [2.05, 4.69) is 22.5 Å². The molecule has 6 nitrogen and oxygen atoms in total. The quantitative estimate of drug-likeness (QED) is 0.720. The summed E-state index contributed by atoms with van der Waals surface area (Å²) < 4.78 is 7.31. The molecule has 5 rings (SSSR count). The number of carbonyl (C=O) groups excluding carboxylic acids is 1. The third-order valence-electron chi connectivity index (χ3n) is 6.11. The van der Waals surface area contributed by atoms with Gasteiger partial charge in [0.2, 0.25) is 11.9 Å². The van der Waals surface area contributed by atoms with Gasteiger partial charge in [0.1, 0.15) is 11.6 Å².